The second-order valence-electron chi connectivity index (χ2n) is 7.97. The van der Waals surface area contributed by atoms with Crippen LogP contribution < -0.4 is 5.46 Å². The third kappa shape index (κ3) is 10.2. The minimum atomic E-state index is -1.80. The van der Waals surface area contributed by atoms with Gasteiger partial charge in [0.05, 0.1) is 0 Å². The molecule has 3 N–H and O–H groups in total. The predicted octanol–water partition coefficient (Wildman–Crippen LogP) is 4.24. The van der Waals surface area contributed by atoms with Crippen LogP contribution in [0.3, 0.4) is 0 Å². The molecular weight excluding hydrogens is 365 g/mol. The number of aromatic hydroxyl groups is 1. The van der Waals surface area contributed by atoms with E-state index in [1.165, 1.54) is 63.5 Å². The van der Waals surface area contributed by atoms with Gasteiger partial charge in [0.1, 0.15) is 5.75 Å². The molecule has 0 radical (unpaired) electrons. The highest BCUT2D eigenvalue weighted by Gasteiger charge is 2.21. The molecule has 29 heavy (non-hydrogen) atoms. The van der Waals surface area contributed by atoms with Crippen molar-refractivity contribution in [2.75, 3.05) is 13.1 Å². The van der Waals surface area contributed by atoms with E-state index < -0.39 is 7.12 Å². The summed E-state index contributed by atoms with van der Waals surface area (Å²) < 4.78 is 0. The number of carbonyl (C=O) groups is 1. The smallest absolute Gasteiger partial charge is 0.492 e. The van der Waals surface area contributed by atoms with Crippen molar-refractivity contribution in [1.82, 2.24) is 4.90 Å². The van der Waals surface area contributed by atoms with E-state index in [2.05, 4.69) is 13.8 Å². The third-order valence-corrected chi connectivity index (χ3v) is 5.40. The van der Waals surface area contributed by atoms with Crippen molar-refractivity contribution in [2.45, 2.75) is 90.9 Å². The van der Waals surface area contributed by atoms with Crippen LogP contribution in [-0.4, -0.2) is 46.2 Å². The quantitative estimate of drug-likeness (QED) is 0.284. The minimum Gasteiger partial charge on any atom is -0.508 e. The first kappa shape index (κ1) is 25.5. The Labute approximate surface area is 177 Å². The topological polar surface area (TPSA) is 81.0 Å². The van der Waals surface area contributed by atoms with Crippen molar-refractivity contribution in [3.8, 4) is 5.75 Å². The molecule has 0 aromatic heterocycles. The highest BCUT2D eigenvalue weighted by Crippen LogP contribution is 2.14. The molecule has 0 heterocycles. The fourth-order valence-electron chi connectivity index (χ4n) is 3.56. The van der Waals surface area contributed by atoms with Gasteiger partial charge in [-0.2, -0.15) is 0 Å². The molecule has 5 nitrogen and oxygen atoms in total. The van der Waals surface area contributed by atoms with Crippen molar-refractivity contribution in [3.05, 3.63) is 23.8 Å². The van der Waals surface area contributed by atoms with Gasteiger partial charge in [0.25, 0.3) is 5.91 Å². The molecule has 0 aliphatic carbocycles. The van der Waals surface area contributed by atoms with E-state index in [1.807, 2.05) is 4.90 Å². The SMILES string of the molecule is CCCCCCCCN(CCCCCCCC)C(=O)c1ccc(O)c(B(O)O)c1. The number of amides is 1. The number of rotatable bonds is 16. The van der Waals surface area contributed by atoms with Crippen LogP contribution in [0.25, 0.3) is 0 Å². The number of phenols is 1. The highest BCUT2D eigenvalue weighted by atomic mass is 16.4. The molecule has 164 valence electrons. The summed E-state index contributed by atoms with van der Waals surface area (Å²) in [6.45, 7) is 5.85. The molecule has 6 heteroatoms. The molecule has 0 spiro atoms. The minimum absolute atomic E-state index is 0.0325. The van der Waals surface area contributed by atoms with Gasteiger partial charge >= 0.3 is 7.12 Å². The van der Waals surface area contributed by atoms with Crippen LogP contribution in [-0.2, 0) is 0 Å². The number of carbonyl (C=O) groups excluding carboxylic acids is 1. The number of phenolic OH excluding ortho intramolecular Hbond substituents is 1. The Balaban J connectivity index is 2.67. The molecule has 1 rings (SSSR count). The second kappa shape index (κ2) is 15.3. The van der Waals surface area contributed by atoms with E-state index in [-0.39, 0.29) is 17.1 Å². The fourth-order valence-corrected chi connectivity index (χ4v) is 3.56. The molecule has 0 unspecified atom stereocenters. The van der Waals surface area contributed by atoms with Gasteiger partial charge in [-0.15, -0.1) is 0 Å². The molecule has 0 atom stereocenters. The summed E-state index contributed by atoms with van der Waals surface area (Å²) in [7, 11) is -1.80. The summed E-state index contributed by atoms with van der Waals surface area (Å²) in [5.74, 6) is -0.316. The average Bonchev–Trinajstić information content (AvgIpc) is 2.71. The first-order valence-corrected chi connectivity index (χ1v) is 11.5. The lowest BCUT2D eigenvalue weighted by Gasteiger charge is -2.23. The Morgan fingerprint density at radius 3 is 1.79 bits per heavy atom. The summed E-state index contributed by atoms with van der Waals surface area (Å²) >= 11 is 0. The fraction of sp³-hybridized carbons (Fsp3) is 0.696. The van der Waals surface area contributed by atoms with Gasteiger partial charge in [0.15, 0.2) is 0 Å². The van der Waals surface area contributed by atoms with E-state index in [0.29, 0.717) is 5.56 Å². The standard InChI is InChI=1S/C23H40BNO4/c1-3-5-7-9-11-13-17-25(18-14-12-10-8-6-4-2)23(27)20-15-16-22(26)21(19-20)24(28)29/h15-16,19,26,28-29H,3-14,17-18H2,1-2H3. The Hall–Kier alpha value is -1.53. The van der Waals surface area contributed by atoms with Crippen LogP contribution in [0.4, 0.5) is 0 Å². The summed E-state index contributed by atoms with van der Waals surface area (Å²) in [4.78, 5) is 14.9. The number of benzene rings is 1. The van der Waals surface area contributed by atoms with Crippen LogP contribution >= 0.6 is 0 Å². The van der Waals surface area contributed by atoms with Crippen molar-refractivity contribution < 1.29 is 19.9 Å². The highest BCUT2D eigenvalue weighted by molar-refractivity contribution is 6.59. The maximum absolute atomic E-state index is 13.0. The lowest BCUT2D eigenvalue weighted by atomic mass is 9.78. The summed E-state index contributed by atoms with van der Waals surface area (Å²) in [6, 6.07) is 4.30. The van der Waals surface area contributed by atoms with E-state index in [4.69, 9.17) is 0 Å². The second-order valence-corrected chi connectivity index (χ2v) is 7.97. The van der Waals surface area contributed by atoms with Gasteiger partial charge < -0.3 is 20.1 Å². The zero-order chi connectivity index (χ0) is 21.5. The van der Waals surface area contributed by atoms with Crippen molar-refractivity contribution in [3.63, 3.8) is 0 Å². The lowest BCUT2D eigenvalue weighted by Crippen LogP contribution is -2.35. The number of unbranched alkanes of at least 4 members (excludes halogenated alkanes) is 10. The van der Waals surface area contributed by atoms with Gasteiger partial charge in [0.2, 0.25) is 0 Å². The van der Waals surface area contributed by atoms with Gasteiger partial charge in [0, 0.05) is 24.1 Å². The van der Waals surface area contributed by atoms with E-state index in [9.17, 15) is 19.9 Å². The summed E-state index contributed by atoms with van der Waals surface area (Å²) in [5.41, 5.74) is 0.359. The maximum Gasteiger partial charge on any atom is 0.492 e. The van der Waals surface area contributed by atoms with Crippen LogP contribution in [0.2, 0.25) is 0 Å². The van der Waals surface area contributed by atoms with Gasteiger partial charge in [-0.05, 0) is 31.0 Å². The zero-order valence-electron chi connectivity index (χ0n) is 18.4. The Bertz CT molecular complexity index is 564. The van der Waals surface area contributed by atoms with Crippen molar-refractivity contribution >= 4 is 18.5 Å². The van der Waals surface area contributed by atoms with Gasteiger partial charge in [-0.1, -0.05) is 78.1 Å². The normalized spacial score (nSPS) is 10.9. The maximum atomic E-state index is 13.0. The first-order chi connectivity index (χ1) is 14.0. The van der Waals surface area contributed by atoms with Gasteiger partial charge in [-0.25, -0.2) is 0 Å². The zero-order valence-corrected chi connectivity index (χ0v) is 18.4. The molecule has 0 bridgehead atoms. The summed E-state index contributed by atoms with van der Waals surface area (Å²) in [5, 5.41) is 28.6. The largest absolute Gasteiger partial charge is 0.508 e. The van der Waals surface area contributed by atoms with Crippen molar-refractivity contribution in [1.29, 1.82) is 0 Å². The van der Waals surface area contributed by atoms with Crippen LogP contribution in [0.1, 0.15) is 101 Å². The van der Waals surface area contributed by atoms with Crippen LogP contribution in [0.15, 0.2) is 18.2 Å². The van der Waals surface area contributed by atoms with E-state index in [0.717, 1.165) is 38.8 Å². The number of hydrogen-bond donors (Lipinski definition) is 3. The molecule has 0 aliphatic heterocycles. The van der Waals surface area contributed by atoms with E-state index in [1.54, 1.807) is 6.07 Å². The Kier molecular flexibility index (Phi) is 13.5. The lowest BCUT2D eigenvalue weighted by molar-refractivity contribution is 0.0749. The molecule has 1 amide bonds. The van der Waals surface area contributed by atoms with E-state index >= 15 is 0 Å². The molecule has 0 fully saturated rings. The monoisotopic (exact) mass is 405 g/mol. The molecule has 1 aromatic carbocycles. The average molecular weight is 405 g/mol. The molecule has 0 saturated heterocycles. The Morgan fingerprint density at radius 2 is 1.31 bits per heavy atom. The first-order valence-electron chi connectivity index (χ1n) is 11.5. The third-order valence-electron chi connectivity index (χ3n) is 5.40. The van der Waals surface area contributed by atoms with Gasteiger partial charge in [-0.3, -0.25) is 4.79 Å². The number of nitrogens with zero attached hydrogens (tertiary/aromatic N) is 1. The summed E-state index contributed by atoms with van der Waals surface area (Å²) in [6.07, 6.45) is 14.1. The molecule has 0 saturated carbocycles. The molecular formula is C23H40BNO4. The predicted molar refractivity (Wildman–Crippen MR) is 121 cm³/mol. The van der Waals surface area contributed by atoms with Crippen LogP contribution in [0.5, 0.6) is 5.75 Å². The molecule has 1 aromatic rings. The number of hydrogen-bond acceptors (Lipinski definition) is 4. The van der Waals surface area contributed by atoms with Crippen LogP contribution in [0, 0.1) is 0 Å². The van der Waals surface area contributed by atoms with Crippen molar-refractivity contribution in [2.24, 2.45) is 0 Å². The Morgan fingerprint density at radius 1 is 0.828 bits per heavy atom. The molecule has 0 aliphatic rings.